The number of carbonyl (C=O) groups is 1. The van der Waals surface area contributed by atoms with Gasteiger partial charge < -0.3 is 0 Å². The molecule has 0 atom stereocenters. The van der Waals surface area contributed by atoms with Gasteiger partial charge in [0, 0.05) is 17.0 Å². The predicted molar refractivity (Wildman–Crippen MR) is 96.8 cm³/mol. The first-order valence-electron chi connectivity index (χ1n) is 7.41. The molecule has 3 aromatic rings. The monoisotopic (exact) mass is 433 g/mol. The number of halogens is 4. The summed E-state index contributed by atoms with van der Waals surface area (Å²) >= 11 is 8.46. The van der Waals surface area contributed by atoms with Gasteiger partial charge in [0.1, 0.15) is 6.54 Å². The number of aromatic nitrogens is 4. The molecule has 0 aliphatic rings. The van der Waals surface area contributed by atoms with Gasteiger partial charge in [-0.05, 0) is 23.8 Å². The zero-order chi connectivity index (χ0) is 19.4. The van der Waals surface area contributed by atoms with E-state index in [2.05, 4.69) is 20.6 Å². The Morgan fingerprint density at radius 2 is 1.96 bits per heavy atom. The number of carbonyl (C=O) groups excluding carboxylic acids is 1. The van der Waals surface area contributed by atoms with Crippen molar-refractivity contribution < 1.29 is 18.0 Å². The average molecular weight is 434 g/mol. The van der Waals surface area contributed by atoms with E-state index in [-0.39, 0.29) is 11.7 Å². The summed E-state index contributed by atoms with van der Waals surface area (Å²) < 4.78 is 39.1. The molecular weight excluding hydrogens is 423 g/mol. The van der Waals surface area contributed by atoms with Gasteiger partial charge in [0.05, 0.1) is 0 Å². The fourth-order valence-corrected chi connectivity index (χ4v) is 3.80. The molecule has 0 spiro atoms. The number of thioether (sulfide) groups is 1. The van der Waals surface area contributed by atoms with Crippen molar-refractivity contribution in [3.63, 3.8) is 0 Å². The highest BCUT2D eigenvalue weighted by molar-refractivity contribution is 8.00. The Morgan fingerprint density at radius 3 is 2.63 bits per heavy atom. The van der Waals surface area contributed by atoms with Crippen molar-refractivity contribution in [2.24, 2.45) is 0 Å². The van der Waals surface area contributed by atoms with Gasteiger partial charge in [0.2, 0.25) is 11.0 Å². The van der Waals surface area contributed by atoms with Gasteiger partial charge in [-0.3, -0.25) is 14.8 Å². The van der Waals surface area contributed by atoms with E-state index in [9.17, 15) is 18.0 Å². The van der Waals surface area contributed by atoms with Crippen LogP contribution in [0.5, 0.6) is 0 Å². The quantitative estimate of drug-likeness (QED) is 0.462. The lowest BCUT2D eigenvalue weighted by Gasteiger charge is -2.03. The Hall–Kier alpha value is -2.11. The van der Waals surface area contributed by atoms with Crippen LogP contribution in [0.25, 0.3) is 0 Å². The number of hydrogen-bond acceptors (Lipinski definition) is 6. The molecule has 142 valence electrons. The molecular formula is C15H11ClF3N5OS2. The predicted octanol–water partition coefficient (Wildman–Crippen LogP) is 4.34. The maximum atomic E-state index is 12.5. The third kappa shape index (κ3) is 5.68. The summed E-state index contributed by atoms with van der Waals surface area (Å²) in [5, 5.41) is 14.6. The molecule has 0 fully saturated rings. The van der Waals surface area contributed by atoms with Crippen molar-refractivity contribution in [2.45, 2.75) is 22.8 Å². The summed E-state index contributed by atoms with van der Waals surface area (Å²) in [6, 6.07) is 8.20. The third-order valence-electron chi connectivity index (χ3n) is 3.17. The molecule has 3 rings (SSSR count). The van der Waals surface area contributed by atoms with Crippen molar-refractivity contribution >= 4 is 45.7 Å². The highest BCUT2D eigenvalue weighted by atomic mass is 35.5. The standard InChI is InChI=1S/C15H11ClF3N5OS2/c16-10-3-1-9(2-4-10)8-26-14-22-21-13(27-14)20-12(25)7-24-6-5-11(23-24)15(17,18)19/h1-6H,7-8H2,(H,20,21,25). The van der Waals surface area contributed by atoms with Crippen molar-refractivity contribution in [3.05, 3.63) is 52.8 Å². The average Bonchev–Trinajstić information content (AvgIpc) is 3.23. The molecule has 1 N–H and O–H groups in total. The van der Waals surface area contributed by atoms with Gasteiger partial charge in [-0.25, -0.2) is 0 Å². The second-order valence-electron chi connectivity index (χ2n) is 5.23. The van der Waals surface area contributed by atoms with E-state index in [4.69, 9.17) is 11.6 Å². The summed E-state index contributed by atoms with van der Waals surface area (Å²) in [6.07, 6.45) is -3.45. The van der Waals surface area contributed by atoms with Crippen LogP contribution in [-0.2, 0) is 23.3 Å². The second-order valence-corrected chi connectivity index (χ2v) is 7.87. The zero-order valence-corrected chi connectivity index (χ0v) is 15.8. The van der Waals surface area contributed by atoms with Crippen molar-refractivity contribution in [1.29, 1.82) is 0 Å². The van der Waals surface area contributed by atoms with Crippen molar-refractivity contribution in [3.8, 4) is 0 Å². The van der Waals surface area contributed by atoms with Crippen molar-refractivity contribution in [1.82, 2.24) is 20.0 Å². The number of alkyl halides is 3. The van der Waals surface area contributed by atoms with E-state index in [1.54, 1.807) is 12.1 Å². The zero-order valence-electron chi connectivity index (χ0n) is 13.4. The molecule has 1 aromatic carbocycles. The number of nitrogens with one attached hydrogen (secondary N) is 1. The highest BCUT2D eigenvalue weighted by Gasteiger charge is 2.33. The lowest BCUT2D eigenvalue weighted by atomic mass is 10.2. The molecule has 0 radical (unpaired) electrons. The van der Waals surface area contributed by atoms with Crippen LogP contribution in [0.2, 0.25) is 5.02 Å². The van der Waals surface area contributed by atoms with Gasteiger partial charge in [-0.1, -0.05) is 46.8 Å². The topological polar surface area (TPSA) is 72.7 Å². The summed E-state index contributed by atoms with van der Waals surface area (Å²) in [5.74, 6) is 0.116. The number of rotatable bonds is 6. The second kappa shape index (κ2) is 8.28. The molecule has 0 saturated carbocycles. The van der Waals surface area contributed by atoms with E-state index in [1.807, 2.05) is 12.1 Å². The Bertz CT molecular complexity index is 926. The van der Waals surface area contributed by atoms with Crippen LogP contribution in [0.1, 0.15) is 11.3 Å². The number of anilines is 1. The molecule has 27 heavy (non-hydrogen) atoms. The summed E-state index contributed by atoms with van der Waals surface area (Å²) in [6.45, 7) is -0.358. The Balaban J connectivity index is 1.51. The van der Waals surface area contributed by atoms with Crippen LogP contribution in [0.4, 0.5) is 18.3 Å². The molecule has 0 aliphatic heterocycles. The van der Waals surface area contributed by atoms with E-state index in [1.165, 1.54) is 23.1 Å². The summed E-state index contributed by atoms with van der Waals surface area (Å²) in [4.78, 5) is 11.9. The lowest BCUT2D eigenvalue weighted by molar-refractivity contribution is -0.141. The highest BCUT2D eigenvalue weighted by Crippen LogP contribution is 2.29. The Labute approximate surface area is 164 Å². The largest absolute Gasteiger partial charge is 0.435 e. The smallest absolute Gasteiger partial charge is 0.299 e. The first-order chi connectivity index (χ1) is 12.8. The molecule has 0 unspecified atom stereocenters. The van der Waals surface area contributed by atoms with Crippen LogP contribution >= 0.6 is 34.7 Å². The first-order valence-corrected chi connectivity index (χ1v) is 9.59. The molecule has 2 aromatic heterocycles. The minimum atomic E-state index is -4.54. The molecule has 0 aliphatic carbocycles. The van der Waals surface area contributed by atoms with E-state index < -0.39 is 17.8 Å². The minimum absolute atomic E-state index is 0.266. The number of hydrogen-bond donors (Lipinski definition) is 1. The van der Waals surface area contributed by atoms with E-state index in [0.29, 0.717) is 15.1 Å². The fraction of sp³-hybridized carbons (Fsp3) is 0.200. The maximum Gasteiger partial charge on any atom is 0.435 e. The van der Waals surface area contributed by atoms with Crippen LogP contribution < -0.4 is 5.32 Å². The SMILES string of the molecule is O=C(Cn1ccc(C(F)(F)F)n1)Nc1nnc(SCc2ccc(Cl)cc2)s1. The molecule has 0 bridgehead atoms. The van der Waals surface area contributed by atoms with E-state index in [0.717, 1.165) is 22.5 Å². The molecule has 12 heteroatoms. The summed E-state index contributed by atoms with van der Waals surface area (Å²) in [5.41, 5.74) is 0.0106. The van der Waals surface area contributed by atoms with Gasteiger partial charge in [-0.15, -0.1) is 10.2 Å². The van der Waals surface area contributed by atoms with Gasteiger partial charge in [-0.2, -0.15) is 18.3 Å². The Morgan fingerprint density at radius 1 is 1.22 bits per heavy atom. The number of amides is 1. The van der Waals surface area contributed by atoms with Crippen LogP contribution in [0.3, 0.4) is 0 Å². The number of benzene rings is 1. The van der Waals surface area contributed by atoms with Gasteiger partial charge >= 0.3 is 6.18 Å². The lowest BCUT2D eigenvalue weighted by Crippen LogP contribution is -2.19. The maximum absolute atomic E-state index is 12.5. The van der Waals surface area contributed by atoms with Crippen LogP contribution in [0.15, 0.2) is 40.9 Å². The minimum Gasteiger partial charge on any atom is -0.299 e. The first kappa shape index (κ1) is 19.6. The molecule has 2 heterocycles. The summed E-state index contributed by atoms with van der Waals surface area (Å²) in [7, 11) is 0. The number of nitrogens with zero attached hydrogens (tertiary/aromatic N) is 4. The van der Waals surface area contributed by atoms with Crippen LogP contribution in [-0.4, -0.2) is 25.9 Å². The fourth-order valence-electron chi connectivity index (χ4n) is 1.95. The molecule has 6 nitrogen and oxygen atoms in total. The van der Waals surface area contributed by atoms with E-state index >= 15 is 0 Å². The molecule has 1 amide bonds. The third-order valence-corrected chi connectivity index (χ3v) is 5.46. The molecule has 0 saturated heterocycles. The van der Waals surface area contributed by atoms with Crippen LogP contribution in [0, 0.1) is 0 Å². The van der Waals surface area contributed by atoms with Gasteiger partial charge in [0.25, 0.3) is 0 Å². The van der Waals surface area contributed by atoms with Crippen molar-refractivity contribution in [2.75, 3.05) is 5.32 Å². The Kier molecular flexibility index (Phi) is 6.02. The van der Waals surface area contributed by atoms with Gasteiger partial charge in [0.15, 0.2) is 10.0 Å². The normalized spacial score (nSPS) is 11.6.